The van der Waals surface area contributed by atoms with E-state index < -0.39 is 21.2 Å². The first kappa shape index (κ1) is 17.5. The maximum atomic E-state index is 12.2. The third-order valence-electron chi connectivity index (χ3n) is 3.66. The maximum absolute atomic E-state index is 12.2. The summed E-state index contributed by atoms with van der Waals surface area (Å²) in [5.41, 5.74) is -0.464. The van der Waals surface area contributed by atoms with Gasteiger partial charge in [-0.2, -0.15) is 0 Å². The van der Waals surface area contributed by atoms with Crippen LogP contribution in [0, 0.1) is 5.41 Å². The largest absolute Gasteiger partial charge is 0.481 e. The quantitative estimate of drug-likeness (QED) is 0.771. The summed E-state index contributed by atoms with van der Waals surface area (Å²) in [5, 5.41) is 12.3. The molecule has 1 atom stereocenters. The lowest BCUT2D eigenvalue weighted by atomic mass is 9.87. The Labute approximate surface area is 126 Å². The monoisotopic (exact) mass is 313 g/mol. The molecule has 6 heteroatoms. The molecule has 1 aromatic carbocycles. The Bertz CT molecular complexity index is 597. The molecule has 21 heavy (non-hydrogen) atoms. The zero-order valence-electron chi connectivity index (χ0n) is 12.7. The van der Waals surface area contributed by atoms with Gasteiger partial charge in [0.2, 0.25) is 0 Å². The molecule has 2 N–H and O–H groups in total. The minimum Gasteiger partial charge on any atom is -0.481 e. The number of sulfone groups is 1. The summed E-state index contributed by atoms with van der Waals surface area (Å²) < 4.78 is 24.4. The predicted molar refractivity (Wildman–Crippen MR) is 83.3 cm³/mol. The van der Waals surface area contributed by atoms with Crippen molar-refractivity contribution in [2.75, 3.05) is 17.6 Å². The lowest BCUT2D eigenvalue weighted by Gasteiger charge is -2.24. The van der Waals surface area contributed by atoms with Crippen LogP contribution in [0.4, 0.5) is 5.69 Å². The van der Waals surface area contributed by atoms with Crippen molar-refractivity contribution in [2.24, 2.45) is 5.41 Å². The average Bonchev–Trinajstić information content (AvgIpc) is 2.44. The van der Waals surface area contributed by atoms with Gasteiger partial charge in [0.25, 0.3) is 0 Å². The van der Waals surface area contributed by atoms with E-state index in [0.29, 0.717) is 18.5 Å². The molecular formula is C15H23NO4S. The van der Waals surface area contributed by atoms with Gasteiger partial charge in [-0.05, 0) is 31.9 Å². The van der Waals surface area contributed by atoms with Gasteiger partial charge in [0, 0.05) is 6.54 Å². The second-order valence-corrected chi connectivity index (χ2v) is 7.47. The Morgan fingerprint density at radius 1 is 1.29 bits per heavy atom. The number of carboxylic acid groups (broad SMARTS) is 1. The molecule has 5 nitrogen and oxygen atoms in total. The van der Waals surface area contributed by atoms with E-state index in [1.54, 1.807) is 38.1 Å². The highest BCUT2D eigenvalue weighted by Crippen LogP contribution is 2.26. The number of aliphatic carboxylic acids is 1. The summed E-state index contributed by atoms with van der Waals surface area (Å²) in [6.07, 6.45) is 0.998. The lowest BCUT2D eigenvalue weighted by Crippen LogP contribution is -2.34. The molecule has 0 spiro atoms. The third kappa shape index (κ3) is 4.20. The fourth-order valence-corrected chi connectivity index (χ4v) is 3.42. The van der Waals surface area contributed by atoms with Crippen molar-refractivity contribution < 1.29 is 18.3 Å². The van der Waals surface area contributed by atoms with E-state index in [9.17, 15) is 18.3 Å². The van der Waals surface area contributed by atoms with Gasteiger partial charge in [-0.25, -0.2) is 8.42 Å². The van der Waals surface area contributed by atoms with Crippen LogP contribution in [-0.2, 0) is 14.6 Å². The van der Waals surface area contributed by atoms with Crippen molar-refractivity contribution in [2.45, 2.75) is 38.5 Å². The summed E-state index contributed by atoms with van der Waals surface area (Å²) in [6, 6.07) is 6.62. The normalized spacial score (nSPS) is 14.4. The topological polar surface area (TPSA) is 83.5 Å². The number of hydrogen-bond acceptors (Lipinski definition) is 4. The summed E-state index contributed by atoms with van der Waals surface area (Å²) in [6.45, 7) is 5.44. The van der Waals surface area contributed by atoms with Gasteiger partial charge < -0.3 is 10.4 Å². The molecule has 0 heterocycles. The first-order valence-electron chi connectivity index (χ1n) is 7.06. The molecular weight excluding hydrogens is 290 g/mol. The van der Waals surface area contributed by atoms with Gasteiger partial charge in [-0.15, -0.1) is 0 Å². The molecule has 1 rings (SSSR count). The van der Waals surface area contributed by atoms with Crippen LogP contribution in [0.1, 0.15) is 33.6 Å². The number of anilines is 1. The fraction of sp³-hybridized carbons (Fsp3) is 0.533. The second-order valence-electron chi connectivity index (χ2n) is 5.39. The predicted octanol–water partition coefficient (Wildman–Crippen LogP) is 2.78. The maximum Gasteiger partial charge on any atom is 0.311 e. The SMILES string of the molecule is CCCS(=O)(=O)c1ccccc1NCC(C)(CC)C(=O)O. The number of para-hydroxylation sites is 1. The molecule has 1 unspecified atom stereocenters. The number of carboxylic acids is 1. The Morgan fingerprint density at radius 3 is 2.43 bits per heavy atom. The van der Waals surface area contributed by atoms with E-state index in [0.717, 1.165) is 0 Å². The van der Waals surface area contributed by atoms with E-state index >= 15 is 0 Å². The minimum absolute atomic E-state index is 0.0790. The molecule has 0 aliphatic heterocycles. The van der Waals surface area contributed by atoms with Crippen LogP contribution in [0.25, 0.3) is 0 Å². The first-order chi connectivity index (χ1) is 9.77. The molecule has 0 amide bonds. The van der Waals surface area contributed by atoms with Crippen molar-refractivity contribution in [3.05, 3.63) is 24.3 Å². The lowest BCUT2D eigenvalue weighted by molar-refractivity contribution is -0.147. The highest BCUT2D eigenvalue weighted by Gasteiger charge is 2.31. The standard InChI is InChI=1S/C15H23NO4S/c1-4-10-21(19,20)13-9-7-6-8-12(13)16-11-15(3,5-2)14(17)18/h6-9,16H,4-5,10-11H2,1-3H3,(H,17,18). The Kier molecular flexibility index (Phi) is 5.78. The fourth-order valence-electron chi connectivity index (χ4n) is 1.90. The molecule has 118 valence electrons. The van der Waals surface area contributed by atoms with Crippen molar-refractivity contribution in [1.82, 2.24) is 0 Å². The number of rotatable bonds is 8. The smallest absolute Gasteiger partial charge is 0.311 e. The Morgan fingerprint density at radius 2 is 1.90 bits per heavy atom. The highest BCUT2D eigenvalue weighted by molar-refractivity contribution is 7.91. The summed E-state index contributed by atoms with van der Waals surface area (Å²) in [4.78, 5) is 11.5. The van der Waals surface area contributed by atoms with E-state index in [1.807, 2.05) is 6.92 Å². The molecule has 0 aliphatic rings. The number of benzene rings is 1. The van der Waals surface area contributed by atoms with Crippen LogP contribution in [0.3, 0.4) is 0 Å². The van der Waals surface area contributed by atoms with Gasteiger partial charge in [-0.1, -0.05) is 26.0 Å². The van der Waals surface area contributed by atoms with Crippen LogP contribution in [-0.4, -0.2) is 31.8 Å². The van der Waals surface area contributed by atoms with Gasteiger partial charge >= 0.3 is 5.97 Å². The zero-order valence-corrected chi connectivity index (χ0v) is 13.5. The van der Waals surface area contributed by atoms with Gasteiger partial charge in [0.05, 0.1) is 21.8 Å². The summed E-state index contributed by atoms with van der Waals surface area (Å²) in [5.74, 6) is -0.818. The molecule has 1 aromatic rings. The van der Waals surface area contributed by atoms with Crippen LogP contribution < -0.4 is 5.32 Å². The van der Waals surface area contributed by atoms with Gasteiger partial charge in [-0.3, -0.25) is 4.79 Å². The van der Waals surface area contributed by atoms with E-state index in [2.05, 4.69) is 5.32 Å². The number of hydrogen-bond donors (Lipinski definition) is 2. The van der Waals surface area contributed by atoms with Crippen molar-refractivity contribution >= 4 is 21.5 Å². The van der Waals surface area contributed by atoms with E-state index in [-0.39, 0.29) is 17.2 Å². The second kappa shape index (κ2) is 6.93. The van der Waals surface area contributed by atoms with E-state index in [1.165, 1.54) is 0 Å². The summed E-state index contributed by atoms with van der Waals surface area (Å²) in [7, 11) is -3.35. The molecule has 0 saturated heterocycles. The van der Waals surface area contributed by atoms with E-state index in [4.69, 9.17) is 0 Å². The Balaban J connectivity index is 3.03. The highest BCUT2D eigenvalue weighted by atomic mass is 32.2. The molecule has 0 radical (unpaired) electrons. The van der Waals surface area contributed by atoms with Crippen molar-refractivity contribution in [3.8, 4) is 0 Å². The number of carbonyl (C=O) groups is 1. The van der Waals surface area contributed by atoms with Gasteiger partial charge in [0.15, 0.2) is 9.84 Å². The molecule has 0 saturated carbocycles. The van der Waals surface area contributed by atoms with Crippen LogP contribution >= 0.6 is 0 Å². The van der Waals surface area contributed by atoms with Crippen LogP contribution in [0.5, 0.6) is 0 Å². The summed E-state index contributed by atoms with van der Waals surface area (Å²) >= 11 is 0. The first-order valence-corrected chi connectivity index (χ1v) is 8.71. The molecule has 0 aromatic heterocycles. The van der Waals surface area contributed by atoms with Gasteiger partial charge in [0.1, 0.15) is 0 Å². The third-order valence-corrected chi connectivity index (χ3v) is 5.63. The average molecular weight is 313 g/mol. The van der Waals surface area contributed by atoms with Crippen LogP contribution in [0.2, 0.25) is 0 Å². The van der Waals surface area contributed by atoms with Crippen LogP contribution in [0.15, 0.2) is 29.2 Å². The number of nitrogens with one attached hydrogen (secondary N) is 1. The van der Waals surface area contributed by atoms with Crippen molar-refractivity contribution in [1.29, 1.82) is 0 Å². The molecule has 0 bridgehead atoms. The molecule has 0 fully saturated rings. The minimum atomic E-state index is -3.35. The zero-order chi connectivity index (χ0) is 16.1. The molecule has 0 aliphatic carbocycles. The van der Waals surface area contributed by atoms with Crippen molar-refractivity contribution in [3.63, 3.8) is 0 Å². The Hall–Kier alpha value is -1.56.